The number of nitriles is 1. The molecule has 2 rings (SSSR count). The van der Waals surface area contributed by atoms with Gasteiger partial charge in [0.2, 0.25) is 0 Å². The van der Waals surface area contributed by atoms with Crippen LogP contribution in [0.1, 0.15) is 27.2 Å². The molecule has 1 heterocycles. The molecule has 0 aliphatic heterocycles. The number of benzene rings is 1. The molecule has 0 fully saturated rings. The number of aryl methyl sites for hydroxylation is 1. The van der Waals surface area contributed by atoms with Crippen LogP contribution in [0.5, 0.6) is 0 Å². The van der Waals surface area contributed by atoms with E-state index in [0.29, 0.717) is 17.7 Å². The number of hydrogen-bond acceptors (Lipinski definition) is 3. The maximum Gasteiger partial charge on any atom is 0.255 e. The van der Waals surface area contributed by atoms with Crippen molar-refractivity contribution >= 4 is 5.91 Å². The fourth-order valence-corrected chi connectivity index (χ4v) is 1.75. The second-order valence-electron chi connectivity index (χ2n) is 4.26. The van der Waals surface area contributed by atoms with Gasteiger partial charge in [-0.15, -0.1) is 0 Å². The highest BCUT2D eigenvalue weighted by molar-refractivity contribution is 5.94. The van der Waals surface area contributed by atoms with Crippen molar-refractivity contribution in [1.82, 2.24) is 15.1 Å². The zero-order valence-electron chi connectivity index (χ0n) is 10.8. The van der Waals surface area contributed by atoms with E-state index in [1.165, 1.54) is 0 Å². The van der Waals surface area contributed by atoms with Crippen molar-refractivity contribution in [3.63, 3.8) is 0 Å². The van der Waals surface area contributed by atoms with Crippen molar-refractivity contribution in [3.05, 3.63) is 52.8 Å². The normalized spacial score (nSPS) is 9.95. The summed E-state index contributed by atoms with van der Waals surface area (Å²) in [6.07, 6.45) is 1.55. The Morgan fingerprint density at radius 1 is 1.53 bits per heavy atom. The molecule has 1 amide bonds. The van der Waals surface area contributed by atoms with Gasteiger partial charge in [0.05, 0.1) is 23.4 Å². The molecule has 1 aromatic carbocycles. The van der Waals surface area contributed by atoms with Crippen LogP contribution >= 0.6 is 0 Å². The van der Waals surface area contributed by atoms with E-state index in [1.807, 2.05) is 13.0 Å². The van der Waals surface area contributed by atoms with Gasteiger partial charge in [-0.2, -0.15) is 10.4 Å². The first-order chi connectivity index (χ1) is 9.11. The van der Waals surface area contributed by atoms with E-state index in [4.69, 9.17) is 5.26 Å². The smallest absolute Gasteiger partial charge is 0.255 e. The first-order valence-corrected chi connectivity index (χ1v) is 5.87. The minimum atomic E-state index is -0.159. The molecule has 0 unspecified atom stereocenters. The molecule has 96 valence electrons. The molecule has 0 aliphatic rings. The van der Waals surface area contributed by atoms with Gasteiger partial charge in [-0.3, -0.25) is 9.48 Å². The number of nitrogens with zero attached hydrogens (tertiary/aromatic N) is 3. The zero-order chi connectivity index (χ0) is 13.8. The molecule has 0 radical (unpaired) electrons. The van der Waals surface area contributed by atoms with Gasteiger partial charge in [0.1, 0.15) is 0 Å². The maximum atomic E-state index is 12.0. The molecular weight excluding hydrogens is 240 g/mol. The lowest BCUT2D eigenvalue weighted by atomic mass is 10.1. The summed E-state index contributed by atoms with van der Waals surface area (Å²) in [6.45, 7) is 2.24. The summed E-state index contributed by atoms with van der Waals surface area (Å²) in [7, 11) is 1.79. The highest BCUT2D eigenvalue weighted by Gasteiger charge is 2.12. The Morgan fingerprint density at radius 3 is 2.95 bits per heavy atom. The molecule has 5 heteroatoms. The minimum Gasteiger partial charge on any atom is -0.348 e. The number of aromatic nitrogens is 2. The Kier molecular flexibility index (Phi) is 3.62. The molecule has 0 aliphatic carbocycles. The maximum absolute atomic E-state index is 12.0. The van der Waals surface area contributed by atoms with Crippen molar-refractivity contribution in [2.45, 2.75) is 13.5 Å². The van der Waals surface area contributed by atoms with Crippen LogP contribution in [0.2, 0.25) is 0 Å². The molecule has 2 aromatic rings. The number of hydrogen-bond donors (Lipinski definition) is 1. The van der Waals surface area contributed by atoms with Crippen molar-refractivity contribution in [2.24, 2.45) is 7.05 Å². The Balaban J connectivity index is 2.05. The molecule has 1 N–H and O–H groups in total. The van der Waals surface area contributed by atoms with E-state index < -0.39 is 0 Å². The van der Waals surface area contributed by atoms with E-state index in [0.717, 1.165) is 11.3 Å². The topological polar surface area (TPSA) is 70.7 Å². The van der Waals surface area contributed by atoms with Crippen LogP contribution in [0, 0.1) is 18.3 Å². The van der Waals surface area contributed by atoms with E-state index in [1.54, 1.807) is 36.1 Å². The Bertz CT molecular complexity index is 652. The van der Waals surface area contributed by atoms with Crippen LogP contribution in [0.25, 0.3) is 0 Å². The van der Waals surface area contributed by atoms with Gasteiger partial charge in [0, 0.05) is 19.3 Å². The zero-order valence-corrected chi connectivity index (χ0v) is 10.8. The summed E-state index contributed by atoms with van der Waals surface area (Å²) in [5, 5.41) is 15.7. The summed E-state index contributed by atoms with van der Waals surface area (Å²) in [5.74, 6) is -0.159. The molecule has 1 aromatic heterocycles. The van der Waals surface area contributed by atoms with Crippen molar-refractivity contribution in [3.8, 4) is 6.07 Å². The SMILES string of the molecule is Cc1c(C(=O)NCc2cccc(C#N)c2)cnn1C. The predicted octanol–water partition coefficient (Wildman–Crippen LogP) is 1.53. The van der Waals surface area contributed by atoms with Crippen LogP contribution in [-0.2, 0) is 13.6 Å². The number of nitrogens with one attached hydrogen (secondary N) is 1. The van der Waals surface area contributed by atoms with Gasteiger partial charge in [-0.25, -0.2) is 0 Å². The fraction of sp³-hybridized carbons (Fsp3) is 0.214. The third-order valence-electron chi connectivity index (χ3n) is 2.99. The Morgan fingerprint density at radius 2 is 2.32 bits per heavy atom. The molecule has 5 nitrogen and oxygen atoms in total. The van der Waals surface area contributed by atoms with Crippen molar-refractivity contribution < 1.29 is 4.79 Å². The van der Waals surface area contributed by atoms with E-state index in [9.17, 15) is 4.79 Å². The van der Waals surface area contributed by atoms with Gasteiger partial charge in [-0.1, -0.05) is 12.1 Å². The summed E-state index contributed by atoms with van der Waals surface area (Å²) in [4.78, 5) is 12.0. The average molecular weight is 254 g/mol. The van der Waals surface area contributed by atoms with E-state index in [2.05, 4.69) is 16.5 Å². The van der Waals surface area contributed by atoms with Crippen LogP contribution in [-0.4, -0.2) is 15.7 Å². The molecule has 0 bridgehead atoms. The third kappa shape index (κ3) is 2.80. The van der Waals surface area contributed by atoms with Gasteiger partial charge < -0.3 is 5.32 Å². The number of rotatable bonds is 3. The van der Waals surface area contributed by atoms with E-state index in [-0.39, 0.29) is 5.91 Å². The second-order valence-corrected chi connectivity index (χ2v) is 4.26. The minimum absolute atomic E-state index is 0.159. The quantitative estimate of drug-likeness (QED) is 0.903. The van der Waals surface area contributed by atoms with Crippen molar-refractivity contribution in [1.29, 1.82) is 5.26 Å². The molecule has 0 atom stereocenters. The highest BCUT2D eigenvalue weighted by Crippen LogP contribution is 2.07. The van der Waals surface area contributed by atoms with Crippen LogP contribution in [0.15, 0.2) is 30.5 Å². The molecule has 0 saturated heterocycles. The monoisotopic (exact) mass is 254 g/mol. The van der Waals surface area contributed by atoms with Crippen LogP contribution in [0.3, 0.4) is 0 Å². The molecule has 0 spiro atoms. The highest BCUT2D eigenvalue weighted by atomic mass is 16.1. The number of carbonyl (C=O) groups excluding carboxylic acids is 1. The molecule has 19 heavy (non-hydrogen) atoms. The van der Waals surface area contributed by atoms with Gasteiger partial charge in [0.15, 0.2) is 0 Å². The van der Waals surface area contributed by atoms with E-state index >= 15 is 0 Å². The third-order valence-corrected chi connectivity index (χ3v) is 2.99. The number of carbonyl (C=O) groups is 1. The average Bonchev–Trinajstić information content (AvgIpc) is 2.77. The summed E-state index contributed by atoms with van der Waals surface area (Å²) < 4.78 is 1.66. The Labute approximate surface area is 111 Å². The molecular formula is C14H14N4O. The lowest BCUT2D eigenvalue weighted by molar-refractivity contribution is 0.0950. The summed E-state index contributed by atoms with van der Waals surface area (Å²) in [6, 6.07) is 9.24. The standard InChI is InChI=1S/C14H14N4O/c1-10-13(9-17-18(10)2)14(19)16-8-12-5-3-4-11(6-12)7-15/h3-6,9H,8H2,1-2H3,(H,16,19). The van der Waals surface area contributed by atoms with Crippen LogP contribution in [0.4, 0.5) is 0 Å². The fourth-order valence-electron chi connectivity index (χ4n) is 1.75. The predicted molar refractivity (Wildman–Crippen MR) is 70.3 cm³/mol. The van der Waals surface area contributed by atoms with Gasteiger partial charge in [-0.05, 0) is 24.6 Å². The Hall–Kier alpha value is -2.61. The lowest BCUT2D eigenvalue weighted by Crippen LogP contribution is -2.23. The summed E-state index contributed by atoms with van der Waals surface area (Å²) in [5.41, 5.74) is 2.88. The first kappa shape index (κ1) is 12.8. The summed E-state index contributed by atoms with van der Waals surface area (Å²) >= 11 is 0. The largest absolute Gasteiger partial charge is 0.348 e. The van der Waals surface area contributed by atoms with Gasteiger partial charge in [0.25, 0.3) is 5.91 Å². The van der Waals surface area contributed by atoms with Gasteiger partial charge >= 0.3 is 0 Å². The van der Waals surface area contributed by atoms with Crippen LogP contribution < -0.4 is 5.32 Å². The first-order valence-electron chi connectivity index (χ1n) is 5.87. The number of amides is 1. The lowest BCUT2D eigenvalue weighted by Gasteiger charge is -2.05. The van der Waals surface area contributed by atoms with Crippen molar-refractivity contribution in [2.75, 3.05) is 0 Å². The second kappa shape index (κ2) is 5.36. The molecule has 0 saturated carbocycles.